The summed E-state index contributed by atoms with van der Waals surface area (Å²) < 4.78 is 0. The van der Waals surface area contributed by atoms with Gasteiger partial charge in [-0.1, -0.05) is 6.58 Å². The molecule has 0 bridgehead atoms. The van der Waals surface area contributed by atoms with E-state index in [1.165, 1.54) is 6.08 Å². The zero-order chi connectivity index (χ0) is 10.8. The Bertz CT molecular complexity index is 528. The van der Waals surface area contributed by atoms with Crippen molar-refractivity contribution in [2.75, 3.05) is 5.32 Å². The molecular weight excluding hydrogens is 190 g/mol. The summed E-state index contributed by atoms with van der Waals surface area (Å²) in [6, 6.07) is 5.55. The molecule has 0 fully saturated rings. The lowest BCUT2D eigenvalue weighted by Crippen LogP contribution is -2.06. The molecule has 1 amide bonds. The number of nitrogens with zero attached hydrogens (tertiary/aromatic N) is 1. The largest absolute Gasteiger partial charge is 0.323 e. The highest BCUT2D eigenvalue weighted by Gasteiger charge is 2.03. The minimum Gasteiger partial charge on any atom is -0.323 e. The van der Waals surface area contributed by atoms with E-state index in [0.717, 1.165) is 22.3 Å². The van der Waals surface area contributed by atoms with Crippen LogP contribution >= 0.6 is 0 Å². The van der Waals surface area contributed by atoms with E-state index in [4.69, 9.17) is 0 Å². The summed E-state index contributed by atoms with van der Waals surface area (Å²) in [7, 11) is 0. The fourth-order valence-corrected chi connectivity index (χ4v) is 1.41. The summed E-state index contributed by atoms with van der Waals surface area (Å²) in [4.78, 5) is 11.1. The Balaban J connectivity index is 2.41. The standard InChI is InChI=1S/C11H11N3O/c1-3-11(15)12-8-4-5-10-9(6-8)7(2)13-14-10/h3-6H,1H2,2H3,(H,12,15)(H,13,14). The first kappa shape index (κ1) is 9.45. The third-order valence-corrected chi connectivity index (χ3v) is 2.20. The Morgan fingerprint density at radius 2 is 2.40 bits per heavy atom. The molecule has 1 aromatic carbocycles. The van der Waals surface area contributed by atoms with Crippen molar-refractivity contribution in [1.82, 2.24) is 10.2 Å². The quantitative estimate of drug-likeness (QED) is 0.730. The van der Waals surface area contributed by atoms with Crippen LogP contribution in [0.15, 0.2) is 30.9 Å². The summed E-state index contributed by atoms with van der Waals surface area (Å²) in [5, 5.41) is 10.7. The minimum absolute atomic E-state index is 0.213. The van der Waals surface area contributed by atoms with E-state index < -0.39 is 0 Å². The van der Waals surface area contributed by atoms with E-state index in [1.807, 2.05) is 25.1 Å². The number of carbonyl (C=O) groups is 1. The van der Waals surface area contributed by atoms with Crippen molar-refractivity contribution in [2.24, 2.45) is 0 Å². The normalized spacial score (nSPS) is 10.2. The van der Waals surface area contributed by atoms with Gasteiger partial charge in [0.05, 0.1) is 5.52 Å². The number of anilines is 1. The first-order chi connectivity index (χ1) is 7.20. The molecule has 15 heavy (non-hydrogen) atoms. The number of benzene rings is 1. The molecule has 0 aliphatic heterocycles. The number of hydrogen-bond donors (Lipinski definition) is 2. The van der Waals surface area contributed by atoms with Crippen LogP contribution in [0.1, 0.15) is 5.69 Å². The summed E-state index contributed by atoms with van der Waals surface area (Å²) >= 11 is 0. The second kappa shape index (κ2) is 3.57. The van der Waals surface area contributed by atoms with Gasteiger partial charge in [-0.2, -0.15) is 5.10 Å². The van der Waals surface area contributed by atoms with Crippen molar-refractivity contribution in [3.63, 3.8) is 0 Å². The zero-order valence-corrected chi connectivity index (χ0v) is 8.37. The molecule has 0 aliphatic rings. The number of fused-ring (bicyclic) bond motifs is 1. The molecule has 2 N–H and O–H groups in total. The molecule has 2 aromatic rings. The van der Waals surface area contributed by atoms with E-state index in [2.05, 4.69) is 22.1 Å². The van der Waals surface area contributed by atoms with Gasteiger partial charge in [-0.25, -0.2) is 0 Å². The van der Waals surface area contributed by atoms with E-state index in [9.17, 15) is 4.79 Å². The number of aromatic nitrogens is 2. The molecule has 4 nitrogen and oxygen atoms in total. The lowest BCUT2D eigenvalue weighted by molar-refractivity contribution is -0.111. The maximum atomic E-state index is 11.1. The predicted molar refractivity (Wildman–Crippen MR) is 59.7 cm³/mol. The Morgan fingerprint density at radius 3 is 3.13 bits per heavy atom. The van der Waals surface area contributed by atoms with Crippen molar-refractivity contribution in [2.45, 2.75) is 6.92 Å². The van der Waals surface area contributed by atoms with Crippen LogP contribution in [0.25, 0.3) is 10.9 Å². The van der Waals surface area contributed by atoms with Gasteiger partial charge in [0.1, 0.15) is 0 Å². The highest BCUT2D eigenvalue weighted by molar-refractivity contribution is 6.00. The smallest absolute Gasteiger partial charge is 0.247 e. The fraction of sp³-hybridized carbons (Fsp3) is 0.0909. The predicted octanol–water partition coefficient (Wildman–Crippen LogP) is 2.00. The van der Waals surface area contributed by atoms with Crippen molar-refractivity contribution in [3.8, 4) is 0 Å². The number of carbonyl (C=O) groups excluding carboxylic acids is 1. The highest BCUT2D eigenvalue weighted by atomic mass is 16.1. The van der Waals surface area contributed by atoms with Gasteiger partial charge in [0, 0.05) is 16.8 Å². The van der Waals surface area contributed by atoms with E-state index in [1.54, 1.807) is 0 Å². The number of rotatable bonds is 2. The molecule has 0 spiro atoms. The Kier molecular flexibility index (Phi) is 2.25. The summed E-state index contributed by atoms with van der Waals surface area (Å²) in [5.41, 5.74) is 2.63. The molecule has 0 atom stereocenters. The van der Waals surface area contributed by atoms with Gasteiger partial charge < -0.3 is 5.32 Å². The van der Waals surface area contributed by atoms with Crippen LogP contribution < -0.4 is 5.32 Å². The van der Waals surface area contributed by atoms with Crippen LogP contribution in [0.3, 0.4) is 0 Å². The van der Waals surface area contributed by atoms with Crippen molar-refractivity contribution in [1.29, 1.82) is 0 Å². The lowest BCUT2D eigenvalue weighted by atomic mass is 10.2. The Hall–Kier alpha value is -2.10. The van der Waals surface area contributed by atoms with Gasteiger partial charge in [-0.15, -0.1) is 0 Å². The van der Waals surface area contributed by atoms with Gasteiger partial charge >= 0.3 is 0 Å². The number of hydrogen-bond acceptors (Lipinski definition) is 2. The SMILES string of the molecule is C=CC(=O)Nc1ccc2n[nH]c(C)c2c1. The van der Waals surface area contributed by atoms with Gasteiger partial charge in [-0.3, -0.25) is 9.89 Å². The molecule has 0 aliphatic carbocycles. The van der Waals surface area contributed by atoms with Gasteiger partial charge in [0.25, 0.3) is 0 Å². The second-order valence-electron chi connectivity index (χ2n) is 3.27. The zero-order valence-electron chi connectivity index (χ0n) is 8.37. The molecule has 0 saturated carbocycles. The van der Waals surface area contributed by atoms with Crippen molar-refractivity contribution >= 4 is 22.5 Å². The van der Waals surface area contributed by atoms with Crippen LogP contribution in [0.4, 0.5) is 5.69 Å². The number of nitrogens with one attached hydrogen (secondary N) is 2. The number of H-pyrrole nitrogens is 1. The van der Waals surface area contributed by atoms with Gasteiger partial charge in [-0.05, 0) is 31.2 Å². The fourth-order valence-electron chi connectivity index (χ4n) is 1.41. The van der Waals surface area contributed by atoms with Crippen LogP contribution in [0, 0.1) is 6.92 Å². The van der Waals surface area contributed by atoms with Gasteiger partial charge in [0.15, 0.2) is 0 Å². The van der Waals surface area contributed by atoms with E-state index in [0.29, 0.717) is 0 Å². The molecule has 2 rings (SSSR count). The van der Waals surface area contributed by atoms with Crippen LogP contribution in [-0.4, -0.2) is 16.1 Å². The third kappa shape index (κ3) is 1.74. The molecular formula is C11H11N3O. The van der Waals surface area contributed by atoms with Crippen LogP contribution in [0.2, 0.25) is 0 Å². The average Bonchev–Trinajstić information content (AvgIpc) is 2.60. The molecule has 76 valence electrons. The maximum absolute atomic E-state index is 11.1. The Morgan fingerprint density at radius 1 is 1.60 bits per heavy atom. The topological polar surface area (TPSA) is 57.8 Å². The third-order valence-electron chi connectivity index (χ3n) is 2.20. The second-order valence-corrected chi connectivity index (χ2v) is 3.27. The first-order valence-corrected chi connectivity index (χ1v) is 4.59. The summed E-state index contributed by atoms with van der Waals surface area (Å²) in [5.74, 6) is -0.213. The number of amides is 1. The summed E-state index contributed by atoms with van der Waals surface area (Å²) in [6.07, 6.45) is 1.24. The Labute approximate surface area is 87.0 Å². The van der Waals surface area contributed by atoms with E-state index >= 15 is 0 Å². The lowest BCUT2D eigenvalue weighted by Gasteiger charge is -2.01. The molecule has 1 aromatic heterocycles. The minimum atomic E-state index is -0.213. The molecule has 1 heterocycles. The molecule has 0 radical (unpaired) electrons. The molecule has 4 heteroatoms. The van der Waals surface area contributed by atoms with Crippen molar-refractivity contribution < 1.29 is 4.79 Å². The maximum Gasteiger partial charge on any atom is 0.247 e. The van der Waals surface area contributed by atoms with E-state index in [-0.39, 0.29) is 5.91 Å². The number of aryl methyl sites for hydroxylation is 1. The van der Waals surface area contributed by atoms with Gasteiger partial charge in [0.2, 0.25) is 5.91 Å². The van der Waals surface area contributed by atoms with Crippen molar-refractivity contribution in [3.05, 3.63) is 36.5 Å². The number of aromatic amines is 1. The van der Waals surface area contributed by atoms with Crippen LogP contribution in [0.5, 0.6) is 0 Å². The monoisotopic (exact) mass is 201 g/mol. The molecule has 0 unspecified atom stereocenters. The average molecular weight is 201 g/mol. The van der Waals surface area contributed by atoms with Crippen LogP contribution in [-0.2, 0) is 4.79 Å². The first-order valence-electron chi connectivity index (χ1n) is 4.59. The highest BCUT2D eigenvalue weighted by Crippen LogP contribution is 2.19. The molecule has 0 saturated heterocycles. The summed E-state index contributed by atoms with van der Waals surface area (Å²) in [6.45, 7) is 5.34.